The summed E-state index contributed by atoms with van der Waals surface area (Å²) in [5.74, 6) is 0.924. The highest BCUT2D eigenvalue weighted by molar-refractivity contribution is 8.00. The summed E-state index contributed by atoms with van der Waals surface area (Å²) in [6, 6.07) is 25.5. The fourth-order valence-electron chi connectivity index (χ4n) is 5.05. The van der Waals surface area contributed by atoms with Crippen molar-refractivity contribution in [2.75, 3.05) is 39.0 Å². The van der Waals surface area contributed by atoms with Crippen LogP contribution in [0.1, 0.15) is 31.7 Å². The quantitative estimate of drug-likeness (QED) is 0.256. The zero-order chi connectivity index (χ0) is 30.0. The lowest BCUT2D eigenvalue weighted by molar-refractivity contribution is -0.136. The average Bonchev–Trinajstić information content (AvgIpc) is 3.03. The van der Waals surface area contributed by atoms with E-state index in [9.17, 15) is 18.0 Å². The first-order valence-electron chi connectivity index (χ1n) is 14.2. The molecule has 10 heteroatoms. The van der Waals surface area contributed by atoms with Crippen LogP contribution in [0, 0.1) is 0 Å². The summed E-state index contributed by atoms with van der Waals surface area (Å²) in [4.78, 5) is 31.7. The monoisotopic (exact) mass is 609 g/mol. The second-order valence-electron chi connectivity index (χ2n) is 10.2. The van der Waals surface area contributed by atoms with Gasteiger partial charge in [0.05, 0.1) is 24.3 Å². The van der Waals surface area contributed by atoms with Crippen LogP contribution in [0.5, 0.6) is 5.75 Å². The minimum Gasteiger partial charge on any atom is -0.497 e. The molecular formula is C32H39N3O5S2. The van der Waals surface area contributed by atoms with Gasteiger partial charge in [0.25, 0.3) is 0 Å². The number of benzene rings is 3. The van der Waals surface area contributed by atoms with Crippen molar-refractivity contribution in [2.24, 2.45) is 0 Å². The summed E-state index contributed by atoms with van der Waals surface area (Å²) >= 11 is 1.52. The van der Waals surface area contributed by atoms with Crippen molar-refractivity contribution in [2.45, 2.75) is 48.6 Å². The molecule has 4 rings (SSSR count). The molecule has 0 radical (unpaired) electrons. The molecule has 1 saturated heterocycles. The minimum atomic E-state index is -3.84. The van der Waals surface area contributed by atoms with Crippen LogP contribution in [0.3, 0.4) is 0 Å². The summed E-state index contributed by atoms with van der Waals surface area (Å²) in [5.41, 5.74) is 0.926. The van der Waals surface area contributed by atoms with Crippen LogP contribution in [0.15, 0.2) is 94.7 Å². The molecule has 0 aliphatic carbocycles. The molecule has 42 heavy (non-hydrogen) atoms. The van der Waals surface area contributed by atoms with E-state index in [2.05, 4.69) is 0 Å². The number of hydrogen-bond acceptors (Lipinski definition) is 6. The number of thioether (sulfide) groups is 1. The summed E-state index contributed by atoms with van der Waals surface area (Å²) in [7, 11) is -2.23. The van der Waals surface area contributed by atoms with Gasteiger partial charge in [0.15, 0.2) is 0 Å². The first kappa shape index (κ1) is 31.6. The standard InChI is InChI=1S/C32H39N3O5S2/c1-3-20-34(42(38,39)30-12-8-5-9-13-30)24-31(36)35(23-26-14-16-28(40-2)17-15-26)27-18-21-33(22-19-27)32(37)25-41-29-10-6-4-7-11-29/h4-17,27H,3,18-25H2,1-2H3. The van der Waals surface area contributed by atoms with Crippen molar-refractivity contribution in [3.8, 4) is 5.75 Å². The Morgan fingerprint density at radius 3 is 2.14 bits per heavy atom. The highest BCUT2D eigenvalue weighted by atomic mass is 32.2. The smallest absolute Gasteiger partial charge is 0.243 e. The van der Waals surface area contributed by atoms with Gasteiger partial charge in [0.2, 0.25) is 21.8 Å². The van der Waals surface area contributed by atoms with Gasteiger partial charge >= 0.3 is 0 Å². The fraction of sp³-hybridized carbons (Fsp3) is 0.375. The number of carbonyl (C=O) groups is 2. The third-order valence-electron chi connectivity index (χ3n) is 7.36. The summed E-state index contributed by atoms with van der Waals surface area (Å²) in [5, 5.41) is 0. The Kier molecular flexibility index (Phi) is 11.5. The van der Waals surface area contributed by atoms with Crippen LogP contribution in [0.4, 0.5) is 0 Å². The Bertz CT molecular complexity index is 1400. The predicted molar refractivity (Wildman–Crippen MR) is 166 cm³/mol. The van der Waals surface area contributed by atoms with Gasteiger partial charge in [0.1, 0.15) is 5.75 Å². The number of amides is 2. The number of methoxy groups -OCH3 is 1. The average molecular weight is 610 g/mol. The molecule has 0 aromatic heterocycles. The number of ether oxygens (including phenoxy) is 1. The van der Waals surface area contributed by atoms with Crippen LogP contribution in [0.2, 0.25) is 0 Å². The molecule has 0 atom stereocenters. The second-order valence-corrected chi connectivity index (χ2v) is 13.2. The van der Waals surface area contributed by atoms with Gasteiger partial charge in [-0.1, -0.05) is 55.5 Å². The first-order valence-corrected chi connectivity index (χ1v) is 16.7. The van der Waals surface area contributed by atoms with E-state index in [1.807, 2.05) is 66.4 Å². The third kappa shape index (κ3) is 8.36. The van der Waals surface area contributed by atoms with Crippen molar-refractivity contribution < 1.29 is 22.7 Å². The van der Waals surface area contributed by atoms with E-state index in [0.29, 0.717) is 44.6 Å². The van der Waals surface area contributed by atoms with E-state index in [0.717, 1.165) is 16.2 Å². The maximum absolute atomic E-state index is 13.9. The highest BCUT2D eigenvalue weighted by Crippen LogP contribution is 2.24. The van der Waals surface area contributed by atoms with E-state index < -0.39 is 10.0 Å². The van der Waals surface area contributed by atoms with E-state index in [1.54, 1.807) is 42.3 Å². The van der Waals surface area contributed by atoms with Crippen LogP contribution >= 0.6 is 11.8 Å². The molecule has 0 saturated carbocycles. The lowest BCUT2D eigenvalue weighted by Crippen LogP contribution is -2.51. The van der Waals surface area contributed by atoms with Gasteiger partial charge in [-0.25, -0.2) is 8.42 Å². The SMILES string of the molecule is CCCN(CC(=O)N(Cc1ccc(OC)cc1)C1CCN(C(=O)CSc2ccccc2)CC1)S(=O)(=O)c1ccccc1. The molecule has 1 aliphatic heterocycles. The molecule has 1 aliphatic rings. The van der Waals surface area contributed by atoms with E-state index in [1.165, 1.54) is 16.1 Å². The van der Waals surface area contributed by atoms with E-state index in [4.69, 9.17) is 4.74 Å². The lowest BCUT2D eigenvalue weighted by atomic mass is 10.0. The molecule has 2 amide bonds. The Hall–Kier alpha value is -3.34. The number of piperidine rings is 1. The molecule has 224 valence electrons. The molecule has 0 spiro atoms. The summed E-state index contributed by atoms with van der Waals surface area (Å²) in [6.45, 7) is 3.34. The molecule has 0 bridgehead atoms. The topological polar surface area (TPSA) is 87.2 Å². The van der Waals surface area contributed by atoms with Gasteiger partial charge in [0, 0.05) is 37.1 Å². The second kappa shape index (κ2) is 15.2. The van der Waals surface area contributed by atoms with Crippen molar-refractivity contribution in [1.82, 2.24) is 14.1 Å². The molecular weight excluding hydrogens is 571 g/mol. The van der Waals surface area contributed by atoms with Gasteiger partial charge in [-0.15, -0.1) is 11.8 Å². The predicted octanol–water partition coefficient (Wildman–Crippen LogP) is 4.91. The lowest BCUT2D eigenvalue weighted by Gasteiger charge is -2.39. The largest absolute Gasteiger partial charge is 0.497 e. The Labute approximate surface area is 253 Å². The van der Waals surface area contributed by atoms with Gasteiger partial charge in [-0.05, 0) is 61.2 Å². The summed E-state index contributed by atoms with van der Waals surface area (Å²) < 4.78 is 33.5. The Balaban J connectivity index is 1.47. The fourth-order valence-corrected chi connectivity index (χ4v) is 7.37. The minimum absolute atomic E-state index is 0.0819. The first-order chi connectivity index (χ1) is 20.3. The molecule has 3 aromatic carbocycles. The zero-order valence-corrected chi connectivity index (χ0v) is 25.9. The van der Waals surface area contributed by atoms with Gasteiger partial charge < -0.3 is 14.5 Å². The molecule has 1 fully saturated rings. The number of carbonyl (C=O) groups excluding carboxylic acids is 2. The van der Waals surface area contributed by atoms with Crippen LogP contribution in [0.25, 0.3) is 0 Å². The van der Waals surface area contributed by atoms with Crippen LogP contribution < -0.4 is 4.74 Å². The molecule has 1 heterocycles. The molecule has 0 N–H and O–H groups in total. The number of likely N-dealkylation sites (tertiary alicyclic amines) is 1. The van der Waals surface area contributed by atoms with Crippen LogP contribution in [-0.2, 0) is 26.2 Å². The van der Waals surface area contributed by atoms with Crippen molar-refractivity contribution in [3.05, 3.63) is 90.5 Å². The molecule has 8 nitrogen and oxygen atoms in total. The van der Waals surface area contributed by atoms with Crippen molar-refractivity contribution in [1.29, 1.82) is 0 Å². The maximum atomic E-state index is 13.9. The van der Waals surface area contributed by atoms with Gasteiger partial charge in [-0.3, -0.25) is 9.59 Å². The zero-order valence-electron chi connectivity index (χ0n) is 24.2. The number of hydrogen-bond donors (Lipinski definition) is 0. The number of nitrogens with zero attached hydrogens (tertiary/aromatic N) is 3. The van der Waals surface area contributed by atoms with E-state index in [-0.39, 0.29) is 35.8 Å². The Morgan fingerprint density at radius 2 is 1.55 bits per heavy atom. The number of rotatable bonds is 13. The Morgan fingerprint density at radius 1 is 0.929 bits per heavy atom. The van der Waals surface area contributed by atoms with Crippen molar-refractivity contribution >= 4 is 33.6 Å². The third-order valence-corrected chi connectivity index (χ3v) is 10.2. The molecule has 3 aromatic rings. The van der Waals surface area contributed by atoms with Crippen LogP contribution in [-0.4, -0.2) is 79.4 Å². The van der Waals surface area contributed by atoms with E-state index >= 15 is 0 Å². The van der Waals surface area contributed by atoms with Gasteiger partial charge in [-0.2, -0.15) is 4.31 Å². The molecule has 0 unspecified atom stereocenters. The van der Waals surface area contributed by atoms with Crippen molar-refractivity contribution in [3.63, 3.8) is 0 Å². The maximum Gasteiger partial charge on any atom is 0.243 e. The highest BCUT2D eigenvalue weighted by Gasteiger charge is 2.33. The normalized spacial score (nSPS) is 14.1. The number of sulfonamides is 1. The summed E-state index contributed by atoms with van der Waals surface area (Å²) in [6.07, 6.45) is 1.84.